The summed E-state index contributed by atoms with van der Waals surface area (Å²) in [5.41, 5.74) is 4.97. The van der Waals surface area contributed by atoms with E-state index in [1.807, 2.05) is 12.1 Å². The first kappa shape index (κ1) is 18.9. The average Bonchev–Trinajstić information content (AvgIpc) is 2.64. The van der Waals surface area contributed by atoms with Crippen LogP contribution in [0.3, 0.4) is 0 Å². The average molecular weight is 382 g/mol. The maximum atomic E-state index is 6.34. The van der Waals surface area contributed by atoms with Crippen molar-refractivity contribution in [3.8, 4) is 0 Å². The van der Waals surface area contributed by atoms with E-state index < -0.39 is 0 Å². The predicted octanol–water partition coefficient (Wildman–Crippen LogP) is 7.54. The summed E-state index contributed by atoms with van der Waals surface area (Å²) < 4.78 is 0. The number of benzene rings is 3. The Morgan fingerprint density at radius 3 is 2.38 bits per heavy atom. The van der Waals surface area contributed by atoms with Crippen LogP contribution < -0.4 is 5.32 Å². The van der Waals surface area contributed by atoms with E-state index in [9.17, 15) is 0 Å². The van der Waals surface area contributed by atoms with Crippen molar-refractivity contribution < 1.29 is 0 Å². The fourth-order valence-corrected chi connectivity index (χ4v) is 4.23. The molecule has 0 saturated carbocycles. The summed E-state index contributed by atoms with van der Waals surface area (Å²) in [6, 6.07) is 23.1. The molecule has 0 spiro atoms. The number of nitrogens with one attached hydrogen (secondary N) is 1. The Kier molecular flexibility index (Phi) is 6.29. The third-order valence-electron chi connectivity index (χ3n) is 4.45. The molecule has 0 unspecified atom stereocenters. The van der Waals surface area contributed by atoms with Crippen LogP contribution in [-0.2, 0) is 6.54 Å². The van der Waals surface area contributed by atoms with Gasteiger partial charge in [-0.05, 0) is 59.9 Å². The summed E-state index contributed by atoms with van der Waals surface area (Å²) >= 11 is 8.14. The molecule has 134 valence electrons. The molecule has 3 rings (SSSR count). The Hall–Kier alpha value is -1.90. The fourth-order valence-electron chi connectivity index (χ4n) is 3.04. The first-order chi connectivity index (χ1) is 12.5. The zero-order chi connectivity index (χ0) is 18.5. The highest BCUT2D eigenvalue weighted by Gasteiger charge is 2.10. The smallest absolute Gasteiger partial charge is 0.0429 e. The lowest BCUT2D eigenvalue weighted by molar-refractivity contribution is 0.856. The van der Waals surface area contributed by atoms with Gasteiger partial charge in [0.15, 0.2) is 0 Å². The minimum absolute atomic E-state index is 0.454. The summed E-state index contributed by atoms with van der Waals surface area (Å²) in [7, 11) is 0. The highest BCUT2D eigenvalue weighted by atomic mass is 35.5. The molecule has 0 aliphatic rings. The maximum Gasteiger partial charge on any atom is 0.0429 e. The van der Waals surface area contributed by atoms with Crippen molar-refractivity contribution >= 4 is 29.1 Å². The quantitative estimate of drug-likeness (QED) is 0.473. The third kappa shape index (κ3) is 4.63. The van der Waals surface area contributed by atoms with Crippen molar-refractivity contribution in [3.05, 3.63) is 88.4 Å². The van der Waals surface area contributed by atoms with E-state index in [4.69, 9.17) is 11.6 Å². The number of hydrogen-bond acceptors (Lipinski definition) is 2. The number of hydrogen-bond donors (Lipinski definition) is 1. The molecule has 0 aliphatic heterocycles. The lowest BCUT2D eigenvalue weighted by Gasteiger charge is -2.17. The maximum absolute atomic E-state index is 6.34. The van der Waals surface area contributed by atoms with Gasteiger partial charge >= 0.3 is 0 Å². The van der Waals surface area contributed by atoms with Gasteiger partial charge in [-0.15, -0.1) is 0 Å². The Bertz CT molecular complexity index is 875. The Balaban J connectivity index is 1.81. The topological polar surface area (TPSA) is 12.0 Å². The molecular weight excluding hydrogens is 358 g/mol. The summed E-state index contributed by atoms with van der Waals surface area (Å²) in [6.07, 6.45) is 0. The molecule has 0 aromatic heterocycles. The first-order valence-electron chi connectivity index (χ1n) is 8.89. The molecule has 0 atom stereocenters. The van der Waals surface area contributed by atoms with Crippen LogP contribution in [0.25, 0.3) is 0 Å². The van der Waals surface area contributed by atoms with Crippen LogP contribution in [-0.4, -0.2) is 0 Å². The molecule has 0 fully saturated rings. The number of halogens is 1. The second kappa shape index (κ2) is 8.66. The van der Waals surface area contributed by atoms with E-state index in [2.05, 4.69) is 80.7 Å². The molecule has 3 heteroatoms. The molecule has 1 N–H and O–H groups in total. The van der Waals surface area contributed by atoms with Crippen LogP contribution in [0.5, 0.6) is 0 Å². The van der Waals surface area contributed by atoms with Crippen molar-refractivity contribution in [2.75, 3.05) is 5.32 Å². The monoisotopic (exact) mass is 381 g/mol. The molecule has 0 aliphatic carbocycles. The highest BCUT2D eigenvalue weighted by Crippen LogP contribution is 2.32. The summed E-state index contributed by atoms with van der Waals surface area (Å²) in [5, 5.41) is 4.38. The van der Waals surface area contributed by atoms with Crippen molar-refractivity contribution in [2.24, 2.45) is 0 Å². The van der Waals surface area contributed by atoms with Gasteiger partial charge in [0.05, 0.1) is 0 Å². The van der Waals surface area contributed by atoms with E-state index in [0.29, 0.717) is 5.92 Å². The number of anilines is 1. The Morgan fingerprint density at radius 2 is 1.65 bits per heavy atom. The van der Waals surface area contributed by atoms with Crippen LogP contribution in [0.1, 0.15) is 36.5 Å². The van der Waals surface area contributed by atoms with Gasteiger partial charge < -0.3 is 5.32 Å². The second-order valence-corrected chi connectivity index (χ2v) is 8.25. The third-order valence-corrected chi connectivity index (χ3v) is 5.79. The van der Waals surface area contributed by atoms with Crippen molar-refractivity contribution in [1.82, 2.24) is 0 Å². The van der Waals surface area contributed by atoms with Gasteiger partial charge in [0, 0.05) is 27.0 Å². The number of rotatable bonds is 6. The molecule has 0 amide bonds. The van der Waals surface area contributed by atoms with Gasteiger partial charge in [-0.3, -0.25) is 0 Å². The highest BCUT2D eigenvalue weighted by molar-refractivity contribution is 7.99. The van der Waals surface area contributed by atoms with E-state index >= 15 is 0 Å². The summed E-state index contributed by atoms with van der Waals surface area (Å²) in [5.74, 6) is 0.454. The summed E-state index contributed by atoms with van der Waals surface area (Å²) in [4.78, 5) is 2.52. The van der Waals surface area contributed by atoms with Crippen LogP contribution in [0, 0.1) is 6.92 Å². The van der Waals surface area contributed by atoms with Crippen LogP contribution in [0.4, 0.5) is 5.69 Å². The molecule has 3 aromatic rings. The fraction of sp³-hybridized carbons (Fsp3) is 0.217. The molecule has 0 saturated heterocycles. The van der Waals surface area contributed by atoms with Gasteiger partial charge in [-0.1, -0.05) is 73.6 Å². The molecule has 0 heterocycles. The second-order valence-electron chi connectivity index (χ2n) is 6.70. The van der Waals surface area contributed by atoms with Crippen LogP contribution in [0.15, 0.2) is 76.5 Å². The van der Waals surface area contributed by atoms with Gasteiger partial charge in [-0.25, -0.2) is 0 Å². The molecule has 3 aromatic carbocycles. The minimum atomic E-state index is 0.454. The molecule has 0 bridgehead atoms. The van der Waals surface area contributed by atoms with Crippen molar-refractivity contribution in [2.45, 2.75) is 43.0 Å². The first-order valence-corrected chi connectivity index (χ1v) is 10.1. The molecular formula is C23H24ClNS. The lowest BCUT2D eigenvalue weighted by atomic mass is 9.96. The zero-order valence-corrected chi connectivity index (χ0v) is 17.0. The minimum Gasteiger partial charge on any atom is -0.381 e. The van der Waals surface area contributed by atoms with E-state index in [1.165, 1.54) is 26.5 Å². The Labute approximate surface area is 165 Å². The Morgan fingerprint density at radius 1 is 0.962 bits per heavy atom. The molecule has 1 nitrogen and oxygen atoms in total. The van der Waals surface area contributed by atoms with Crippen molar-refractivity contribution in [1.29, 1.82) is 0 Å². The van der Waals surface area contributed by atoms with Crippen LogP contribution >= 0.6 is 23.4 Å². The lowest BCUT2D eigenvalue weighted by Crippen LogP contribution is -2.04. The SMILES string of the molecule is Cc1c(NCc2ccccc2Sc2ccccc2)cc(Cl)cc1C(C)C. The van der Waals surface area contributed by atoms with Crippen molar-refractivity contribution in [3.63, 3.8) is 0 Å². The van der Waals surface area contributed by atoms with Gasteiger partial charge in [0.2, 0.25) is 0 Å². The largest absolute Gasteiger partial charge is 0.381 e. The molecule has 26 heavy (non-hydrogen) atoms. The summed E-state index contributed by atoms with van der Waals surface area (Å²) in [6.45, 7) is 7.34. The normalized spacial score (nSPS) is 11.0. The predicted molar refractivity (Wildman–Crippen MR) is 115 cm³/mol. The molecule has 0 radical (unpaired) electrons. The van der Waals surface area contributed by atoms with Crippen LogP contribution in [0.2, 0.25) is 5.02 Å². The zero-order valence-electron chi connectivity index (χ0n) is 15.4. The standard InChI is InChI=1S/C23H24ClNS/c1-16(2)21-13-19(24)14-22(17(21)3)25-15-18-9-7-8-12-23(18)26-20-10-5-4-6-11-20/h4-14,16,25H,15H2,1-3H3. The van der Waals surface area contributed by atoms with E-state index in [-0.39, 0.29) is 0 Å². The van der Waals surface area contributed by atoms with E-state index in [1.54, 1.807) is 11.8 Å². The van der Waals surface area contributed by atoms with E-state index in [0.717, 1.165) is 17.3 Å². The van der Waals surface area contributed by atoms with Gasteiger partial charge in [0.25, 0.3) is 0 Å². The van der Waals surface area contributed by atoms with Gasteiger partial charge in [-0.2, -0.15) is 0 Å². The van der Waals surface area contributed by atoms with Gasteiger partial charge in [0.1, 0.15) is 0 Å².